The van der Waals surface area contributed by atoms with Gasteiger partial charge in [-0.1, -0.05) is 40.2 Å². The highest BCUT2D eigenvalue weighted by molar-refractivity contribution is 14.0. The summed E-state index contributed by atoms with van der Waals surface area (Å²) < 4.78 is 1.19. The number of nitrogens with one attached hydrogen (secondary N) is 2. The molecule has 1 saturated carbocycles. The van der Waals surface area contributed by atoms with Crippen LogP contribution in [-0.4, -0.2) is 24.5 Å². The Morgan fingerprint density at radius 1 is 1.16 bits per heavy atom. The fourth-order valence-corrected chi connectivity index (χ4v) is 3.63. The van der Waals surface area contributed by atoms with Gasteiger partial charge in [0.2, 0.25) is 0 Å². The second kappa shape index (κ2) is 8.98. The zero-order valence-electron chi connectivity index (χ0n) is 14.6. The molecule has 1 aliphatic rings. The monoisotopic (exact) mass is 514 g/mol. The standard InChI is InChI=1S/C19H23BrN4.HI/c1-14-6-5-7-15(24-14)12-22-18(21-2)23-13-19(10-11-19)16-8-3-4-9-17(16)20;/h3-9H,10-13H2,1-2H3,(H2,21,22,23);1H. The molecule has 0 aliphatic heterocycles. The molecule has 0 spiro atoms. The van der Waals surface area contributed by atoms with Gasteiger partial charge in [-0.2, -0.15) is 0 Å². The molecule has 4 nitrogen and oxygen atoms in total. The van der Waals surface area contributed by atoms with Crippen molar-refractivity contribution in [2.24, 2.45) is 4.99 Å². The van der Waals surface area contributed by atoms with E-state index < -0.39 is 0 Å². The average Bonchev–Trinajstić information content (AvgIpc) is 3.36. The molecule has 2 N–H and O–H groups in total. The van der Waals surface area contributed by atoms with Crippen molar-refractivity contribution in [3.05, 3.63) is 63.9 Å². The van der Waals surface area contributed by atoms with Crippen LogP contribution >= 0.6 is 39.9 Å². The van der Waals surface area contributed by atoms with Gasteiger partial charge in [-0.15, -0.1) is 24.0 Å². The Labute approximate surface area is 175 Å². The normalized spacial score (nSPS) is 15.2. The van der Waals surface area contributed by atoms with E-state index in [1.165, 1.54) is 22.9 Å². The van der Waals surface area contributed by atoms with Gasteiger partial charge in [0.1, 0.15) is 0 Å². The van der Waals surface area contributed by atoms with Gasteiger partial charge < -0.3 is 10.6 Å². The van der Waals surface area contributed by atoms with Crippen LogP contribution in [0.1, 0.15) is 29.8 Å². The molecular formula is C19H24BrIN4. The van der Waals surface area contributed by atoms with Crippen molar-refractivity contribution >= 4 is 45.9 Å². The van der Waals surface area contributed by atoms with E-state index in [2.05, 4.69) is 60.8 Å². The lowest BCUT2D eigenvalue weighted by Crippen LogP contribution is -2.41. The first-order chi connectivity index (χ1) is 11.6. The summed E-state index contributed by atoms with van der Waals surface area (Å²) >= 11 is 3.68. The van der Waals surface area contributed by atoms with Crippen molar-refractivity contribution in [2.75, 3.05) is 13.6 Å². The van der Waals surface area contributed by atoms with Gasteiger partial charge in [-0.25, -0.2) is 0 Å². The first-order valence-electron chi connectivity index (χ1n) is 8.25. The highest BCUT2D eigenvalue weighted by atomic mass is 127. The lowest BCUT2D eigenvalue weighted by molar-refractivity contribution is 0.642. The number of halogens is 2. The smallest absolute Gasteiger partial charge is 0.191 e. The van der Waals surface area contributed by atoms with Gasteiger partial charge in [0, 0.05) is 29.2 Å². The third-order valence-electron chi connectivity index (χ3n) is 4.50. The predicted molar refractivity (Wildman–Crippen MR) is 118 cm³/mol. The summed E-state index contributed by atoms with van der Waals surface area (Å²) in [5, 5.41) is 6.82. The van der Waals surface area contributed by atoms with Crippen LogP contribution in [0.2, 0.25) is 0 Å². The van der Waals surface area contributed by atoms with E-state index in [-0.39, 0.29) is 29.4 Å². The van der Waals surface area contributed by atoms with Crippen LogP contribution in [0.15, 0.2) is 51.9 Å². The van der Waals surface area contributed by atoms with E-state index in [1.807, 2.05) is 25.1 Å². The molecule has 1 aliphatic carbocycles. The predicted octanol–water partition coefficient (Wildman–Crippen LogP) is 4.17. The molecule has 0 saturated heterocycles. The number of aliphatic imine (C=N–C) groups is 1. The number of pyridine rings is 1. The van der Waals surface area contributed by atoms with Crippen LogP contribution in [-0.2, 0) is 12.0 Å². The topological polar surface area (TPSA) is 49.3 Å². The molecule has 0 unspecified atom stereocenters. The first kappa shape index (κ1) is 20.2. The molecule has 1 heterocycles. The molecular weight excluding hydrogens is 491 g/mol. The molecule has 3 rings (SSSR count). The Morgan fingerprint density at radius 3 is 2.56 bits per heavy atom. The van der Waals surface area contributed by atoms with Gasteiger partial charge in [0.15, 0.2) is 5.96 Å². The molecule has 2 aromatic rings. The minimum Gasteiger partial charge on any atom is -0.356 e. The van der Waals surface area contributed by atoms with Crippen LogP contribution in [0.3, 0.4) is 0 Å². The molecule has 1 aromatic heterocycles. The van der Waals surface area contributed by atoms with Crippen molar-refractivity contribution in [3.8, 4) is 0 Å². The van der Waals surface area contributed by atoms with Crippen LogP contribution in [0.25, 0.3) is 0 Å². The average molecular weight is 515 g/mol. The molecule has 6 heteroatoms. The van der Waals surface area contributed by atoms with E-state index in [9.17, 15) is 0 Å². The zero-order valence-corrected chi connectivity index (χ0v) is 18.5. The van der Waals surface area contributed by atoms with Crippen molar-refractivity contribution < 1.29 is 0 Å². The summed E-state index contributed by atoms with van der Waals surface area (Å²) in [5.41, 5.74) is 3.65. The number of hydrogen-bond donors (Lipinski definition) is 2. The van der Waals surface area contributed by atoms with Gasteiger partial charge in [0.05, 0.1) is 12.2 Å². The molecule has 134 valence electrons. The highest BCUT2D eigenvalue weighted by Gasteiger charge is 2.45. The Balaban J connectivity index is 0.00000225. The van der Waals surface area contributed by atoms with Crippen molar-refractivity contribution in [1.82, 2.24) is 15.6 Å². The number of aryl methyl sites for hydroxylation is 1. The number of rotatable bonds is 5. The number of aromatic nitrogens is 1. The fraction of sp³-hybridized carbons (Fsp3) is 0.368. The van der Waals surface area contributed by atoms with Crippen LogP contribution in [0, 0.1) is 6.92 Å². The summed E-state index contributed by atoms with van der Waals surface area (Å²) in [7, 11) is 1.80. The van der Waals surface area contributed by atoms with E-state index in [0.29, 0.717) is 6.54 Å². The second-order valence-corrected chi connectivity index (χ2v) is 7.16. The van der Waals surface area contributed by atoms with Gasteiger partial charge in [-0.3, -0.25) is 9.98 Å². The molecule has 0 radical (unpaired) electrons. The summed E-state index contributed by atoms with van der Waals surface area (Å²) in [6.45, 7) is 3.56. The molecule has 1 aromatic carbocycles. The molecule has 1 fully saturated rings. The summed E-state index contributed by atoms with van der Waals surface area (Å²) in [6, 6.07) is 14.6. The SMILES string of the molecule is CN=C(NCc1cccc(C)n1)NCC1(c2ccccc2Br)CC1.I. The maximum absolute atomic E-state index is 4.51. The largest absolute Gasteiger partial charge is 0.356 e. The number of hydrogen-bond acceptors (Lipinski definition) is 2. The maximum Gasteiger partial charge on any atom is 0.191 e. The van der Waals surface area contributed by atoms with Crippen LogP contribution in [0.4, 0.5) is 0 Å². The Morgan fingerprint density at radius 2 is 1.92 bits per heavy atom. The van der Waals surface area contributed by atoms with Crippen molar-refractivity contribution in [2.45, 2.75) is 31.7 Å². The Hall–Kier alpha value is -1.15. The number of nitrogens with zero attached hydrogens (tertiary/aromatic N) is 2. The lowest BCUT2D eigenvalue weighted by Gasteiger charge is -2.20. The quantitative estimate of drug-likeness (QED) is 0.357. The van der Waals surface area contributed by atoms with Crippen molar-refractivity contribution in [3.63, 3.8) is 0 Å². The fourth-order valence-electron chi connectivity index (χ4n) is 2.93. The molecule has 0 atom stereocenters. The first-order valence-corrected chi connectivity index (χ1v) is 9.04. The summed E-state index contributed by atoms with van der Waals surface area (Å²) in [5.74, 6) is 0.816. The minimum atomic E-state index is 0. The van der Waals surface area contributed by atoms with Crippen LogP contribution < -0.4 is 10.6 Å². The molecule has 25 heavy (non-hydrogen) atoms. The van der Waals surface area contributed by atoms with E-state index in [1.54, 1.807) is 7.05 Å². The third kappa shape index (κ3) is 5.17. The summed E-state index contributed by atoms with van der Waals surface area (Å²) in [6.07, 6.45) is 2.41. The molecule has 0 bridgehead atoms. The second-order valence-electron chi connectivity index (χ2n) is 6.31. The summed E-state index contributed by atoms with van der Waals surface area (Å²) in [4.78, 5) is 8.84. The highest BCUT2D eigenvalue weighted by Crippen LogP contribution is 2.49. The van der Waals surface area contributed by atoms with Crippen molar-refractivity contribution in [1.29, 1.82) is 0 Å². The van der Waals surface area contributed by atoms with E-state index in [4.69, 9.17) is 0 Å². The maximum atomic E-state index is 4.51. The number of benzene rings is 1. The lowest BCUT2D eigenvalue weighted by atomic mass is 9.96. The van der Waals surface area contributed by atoms with Gasteiger partial charge in [-0.05, 0) is 43.5 Å². The van der Waals surface area contributed by atoms with Gasteiger partial charge in [0.25, 0.3) is 0 Å². The van der Waals surface area contributed by atoms with Crippen LogP contribution in [0.5, 0.6) is 0 Å². The van der Waals surface area contributed by atoms with Gasteiger partial charge >= 0.3 is 0 Å². The van der Waals surface area contributed by atoms with E-state index >= 15 is 0 Å². The Kier molecular flexibility index (Phi) is 7.25. The van der Waals surface area contributed by atoms with E-state index in [0.717, 1.165) is 23.9 Å². The zero-order chi connectivity index (χ0) is 17.0. The molecule has 0 amide bonds. The Bertz CT molecular complexity index is 744. The minimum absolute atomic E-state index is 0. The third-order valence-corrected chi connectivity index (χ3v) is 5.19. The number of guanidine groups is 1.